The molecule has 3 nitrogen and oxygen atoms in total. The van der Waals surface area contributed by atoms with Gasteiger partial charge in [-0.15, -0.1) is 0 Å². The van der Waals surface area contributed by atoms with Gasteiger partial charge >= 0.3 is 0 Å². The summed E-state index contributed by atoms with van der Waals surface area (Å²) in [6.07, 6.45) is 0.712. The summed E-state index contributed by atoms with van der Waals surface area (Å²) in [5.74, 6) is -3.82. The molecule has 0 spiro atoms. The van der Waals surface area contributed by atoms with Crippen LogP contribution in [0.2, 0.25) is 5.02 Å². The smallest absolute Gasteiger partial charge is 0.184 e. The number of nitrogens with zero attached hydrogens (tertiary/aromatic N) is 1. The Morgan fingerprint density at radius 3 is 2.62 bits per heavy atom. The van der Waals surface area contributed by atoms with E-state index in [1.165, 1.54) is 0 Å². The van der Waals surface area contributed by atoms with Gasteiger partial charge in [-0.1, -0.05) is 11.6 Å². The molecule has 1 rings (SSSR count). The maximum atomic E-state index is 13.2. The first kappa shape index (κ1) is 12.7. The molecular formula is C8H5ClF3N3S. The molecule has 0 aliphatic heterocycles. The Bertz CT molecular complexity index is 464. The Labute approximate surface area is 99.1 Å². The van der Waals surface area contributed by atoms with Gasteiger partial charge in [-0.3, -0.25) is 5.43 Å². The third-order valence-corrected chi connectivity index (χ3v) is 1.88. The Kier molecular flexibility index (Phi) is 4.08. The fourth-order valence-electron chi connectivity index (χ4n) is 0.859. The molecule has 0 saturated heterocycles. The van der Waals surface area contributed by atoms with Crippen molar-refractivity contribution in [3.63, 3.8) is 0 Å². The highest BCUT2D eigenvalue weighted by molar-refractivity contribution is 7.80. The summed E-state index contributed by atoms with van der Waals surface area (Å²) in [4.78, 5) is 0. The largest absolute Gasteiger partial charge is 0.375 e. The minimum Gasteiger partial charge on any atom is -0.375 e. The second-order valence-corrected chi connectivity index (χ2v) is 3.46. The number of nitrogens with two attached hydrogens (primary N) is 1. The molecule has 0 bridgehead atoms. The predicted octanol–water partition coefficient (Wildman–Crippen LogP) is 1.92. The van der Waals surface area contributed by atoms with Crippen LogP contribution in [-0.4, -0.2) is 11.3 Å². The predicted molar refractivity (Wildman–Crippen MR) is 58.8 cm³/mol. The minimum atomic E-state index is -1.43. The van der Waals surface area contributed by atoms with E-state index in [1.54, 1.807) is 0 Å². The van der Waals surface area contributed by atoms with Crippen LogP contribution in [-0.2, 0) is 0 Å². The van der Waals surface area contributed by atoms with Gasteiger partial charge in [0.05, 0.1) is 16.8 Å². The van der Waals surface area contributed by atoms with Crippen molar-refractivity contribution in [2.45, 2.75) is 0 Å². The lowest BCUT2D eigenvalue weighted by molar-refractivity contribution is 0.493. The lowest BCUT2D eigenvalue weighted by Crippen LogP contribution is -2.24. The van der Waals surface area contributed by atoms with E-state index >= 15 is 0 Å². The van der Waals surface area contributed by atoms with Crippen LogP contribution in [0.4, 0.5) is 13.2 Å². The van der Waals surface area contributed by atoms with Crippen molar-refractivity contribution in [1.29, 1.82) is 0 Å². The van der Waals surface area contributed by atoms with Gasteiger partial charge in [-0.05, 0) is 18.3 Å². The molecule has 0 amide bonds. The van der Waals surface area contributed by atoms with E-state index in [0.29, 0.717) is 12.3 Å². The second kappa shape index (κ2) is 5.13. The van der Waals surface area contributed by atoms with Gasteiger partial charge in [0.15, 0.2) is 16.7 Å². The molecule has 86 valence electrons. The molecule has 0 atom stereocenters. The normalized spacial score (nSPS) is 10.8. The third kappa shape index (κ3) is 2.83. The number of nitrogens with one attached hydrogen (secondary N) is 1. The van der Waals surface area contributed by atoms with E-state index in [2.05, 4.69) is 22.7 Å². The number of rotatable bonds is 2. The number of benzene rings is 1. The molecule has 1 aromatic carbocycles. The van der Waals surface area contributed by atoms with Crippen molar-refractivity contribution in [2.24, 2.45) is 10.8 Å². The Hall–Kier alpha value is -1.34. The molecule has 0 heterocycles. The van der Waals surface area contributed by atoms with Crippen LogP contribution < -0.4 is 11.2 Å². The number of hydrogen-bond donors (Lipinski definition) is 2. The average molecular weight is 268 g/mol. The summed E-state index contributed by atoms with van der Waals surface area (Å²) < 4.78 is 39.3. The molecule has 0 saturated carbocycles. The zero-order valence-corrected chi connectivity index (χ0v) is 9.17. The van der Waals surface area contributed by atoms with Gasteiger partial charge in [0.1, 0.15) is 5.82 Å². The van der Waals surface area contributed by atoms with Crippen LogP contribution >= 0.6 is 23.8 Å². The molecule has 0 fully saturated rings. The molecule has 0 radical (unpaired) electrons. The van der Waals surface area contributed by atoms with Gasteiger partial charge in [-0.25, -0.2) is 13.2 Å². The third-order valence-electron chi connectivity index (χ3n) is 1.52. The maximum absolute atomic E-state index is 13.2. The Balaban J connectivity index is 3.09. The number of halogens is 4. The molecule has 0 unspecified atom stereocenters. The van der Waals surface area contributed by atoms with Crippen molar-refractivity contribution < 1.29 is 13.2 Å². The van der Waals surface area contributed by atoms with E-state index < -0.39 is 28.0 Å². The first-order valence-corrected chi connectivity index (χ1v) is 4.63. The Morgan fingerprint density at radius 1 is 1.44 bits per heavy atom. The van der Waals surface area contributed by atoms with Gasteiger partial charge in [0, 0.05) is 0 Å². The fourth-order valence-corrected chi connectivity index (χ4v) is 1.09. The van der Waals surface area contributed by atoms with Gasteiger partial charge < -0.3 is 5.73 Å². The quantitative estimate of drug-likeness (QED) is 0.283. The highest BCUT2D eigenvalue weighted by Gasteiger charge is 2.16. The minimum absolute atomic E-state index is 0.188. The van der Waals surface area contributed by atoms with Crippen molar-refractivity contribution in [1.82, 2.24) is 5.43 Å². The highest BCUT2D eigenvalue weighted by atomic mass is 35.5. The van der Waals surface area contributed by atoms with Crippen LogP contribution in [0, 0.1) is 17.5 Å². The fraction of sp³-hybridized carbons (Fsp3) is 0. The number of hydrogen-bond acceptors (Lipinski definition) is 2. The maximum Gasteiger partial charge on any atom is 0.184 e. The summed E-state index contributed by atoms with van der Waals surface area (Å²) in [5.41, 5.74) is 6.41. The summed E-state index contributed by atoms with van der Waals surface area (Å²) in [5, 5.41) is 2.47. The van der Waals surface area contributed by atoms with Crippen LogP contribution in [0.15, 0.2) is 11.2 Å². The van der Waals surface area contributed by atoms with Crippen LogP contribution in [0.3, 0.4) is 0 Å². The van der Waals surface area contributed by atoms with Crippen molar-refractivity contribution in [3.05, 3.63) is 34.1 Å². The second-order valence-electron chi connectivity index (χ2n) is 2.62. The lowest BCUT2D eigenvalue weighted by Gasteiger charge is -2.02. The van der Waals surface area contributed by atoms with Gasteiger partial charge in [-0.2, -0.15) is 5.10 Å². The van der Waals surface area contributed by atoms with Gasteiger partial charge in [0.2, 0.25) is 0 Å². The molecule has 0 aromatic heterocycles. The molecule has 0 aliphatic rings. The number of hydrazone groups is 1. The Morgan fingerprint density at radius 2 is 2.06 bits per heavy atom. The molecule has 0 aliphatic carbocycles. The zero-order chi connectivity index (χ0) is 12.3. The monoisotopic (exact) mass is 267 g/mol. The molecule has 8 heteroatoms. The molecule has 3 N–H and O–H groups in total. The SMILES string of the molecule is NC(=S)NN=Cc1c(F)cc(Cl)c(F)c1F. The van der Waals surface area contributed by atoms with Crippen LogP contribution in [0.25, 0.3) is 0 Å². The number of thiocarbonyl (C=S) groups is 1. The highest BCUT2D eigenvalue weighted by Crippen LogP contribution is 2.22. The summed E-state index contributed by atoms with van der Waals surface area (Å²) in [6.45, 7) is 0. The zero-order valence-electron chi connectivity index (χ0n) is 7.60. The first-order chi connectivity index (χ1) is 7.43. The summed E-state index contributed by atoms with van der Waals surface area (Å²) in [6, 6.07) is 0.641. The van der Waals surface area contributed by atoms with Crippen molar-refractivity contribution in [3.8, 4) is 0 Å². The molecule has 16 heavy (non-hydrogen) atoms. The lowest BCUT2D eigenvalue weighted by atomic mass is 10.2. The van der Waals surface area contributed by atoms with Gasteiger partial charge in [0.25, 0.3) is 0 Å². The van der Waals surface area contributed by atoms with Crippen molar-refractivity contribution >= 4 is 35.1 Å². The van der Waals surface area contributed by atoms with E-state index in [-0.39, 0.29) is 5.11 Å². The molecule has 1 aromatic rings. The van der Waals surface area contributed by atoms with E-state index in [4.69, 9.17) is 17.3 Å². The van der Waals surface area contributed by atoms with E-state index in [1.807, 2.05) is 0 Å². The van der Waals surface area contributed by atoms with E-state index in [0.717, 1.165) is 0 Å². The van der Waals surface area contributed by atoms with E-state index in [9.17, 15) is 13.2 Å². The molecular weight excluding hydrogens is 263 g/mol. The van der Waals surface area contributed by atoms with Crippen molar-refractivity contribution in [2.75, 3.05) is 0 Å². The average Bonchev–Trinajstić information content (AvgIpc) is 2.19. The van der Waals surface area contributed by atoms with Crippen LogP contribution in [0.1, 0.15) is 5.56 Å². The topological polar surface area (TPSA) is 50.4 Å². The summed E-state index contributed by atoms with van der Waals surface area (Å²) in [7, 11) is 0. The van der Waals surface area contributed by atoms with Crippen LogP contribution in [0.5, 0.6) is 0 Å². The first-order valence-electron chi connectivity index (χ1n) is 3.85. The summed E-state index contributed by atoms with van der Waals surface area (Å²) >= 11 is 9.61. The standard InChI is InChI=1S/C8H5ClF3N3S/c9-4-1-5(10)3(6(11)7(4)12)2-14-15-8(13)16/h1-2H,(H3,13,15,16).